The van der Waals surface area contributed by atoms with Crippen LogP contribution in [0, 0.1) is 0 Å². The molecule has 3 aromatic heterocycles. The summed E-state index contributed by atoms with van der Waals surface area (Å²) in [5.74, 6) is 0. The number of nitrogens with zero attached hydrogens (tertiary/aromatic N) is 3. The Morgan fingerprint density at radius 2 is 0.348 bits per heavy atom. The number of aromatic nitrogens is 3. The van der Waals surface area contributed by atoms with Gasteiger partial charge in [-0.25, -0.2) is 0 Å². The van der Waals surface area contributed by atoms with Crippen LogP contribution in [0.3, 0.4) is 0 Å². The van der Waals surface area contributed by atoms with Crippen molar-refractivity contribution in [3.05, 3.63) is 491 Å². The molecule has 0 N–H and O–H groups in total. The Morgan fingerprint density at radius 3 is 0.763 bits per heavy atom. The van der Waals surface area contributed by atoms with Crippen molar-refractivity contribution in [1.82, 2.24) is 13.7 Å². The highest BCUT2D eigenvalue weighted by atomic mass is 15.0. The maximum absolute atomic E-state index is 2.45. The number of benzene rings is 24. The second kappa shape index (κ2) is 30.4. The average Bonchev–Trinajstić information content (AvgIpc) is 1.55. The van der Waals surface area contributed by atoms with Gasteiger partial charge in [0.15, 0.2) is 0 Å². The topological polar surface area (TPSA) is 14.8 Å². The first-order chi connectivity index (χ1) is 66.9. The molecule has 27 aromatic rings. The third-order valence-electron chi connectivity index (χ3n) is 29.1. The lowest BCUT2D eigenvalue weighted by Crippen LogP contribution is -2.00. The lowest BCUT2D eigenvalue weighted by Gasteiger charge is -2.17. The fourth-order valence-electron chi connectivity index (χ4n) is 23.1. The van der Waals surface area contributed by atoms with Gasteiger partial charge in [0.05, 0.1) is 33.1 Å². The zero-order valence-corrected chi connectivity index (χ0v) is 73.6. The van der Waals surface area contributed by atoms with Gasteiger partial charge < -0.3 is 13.7 Å². The first-order valence-corrected chi connectivity index (χ1v) is 46.8. The number of fused-ring (bicyclic) bond motifs is 21. The van der Waals surface area contributed by atoms with Crippen molar-refractivity contribution in [2.24, 2.45) is 0 Å². The lowest BCUT2D eigenvalue weighted by molar-refractivity contribution is 1.13. The van der Waals surface area contributed by atoms with E-state index in [0.717, 1.165) is 11.4 Å². The van der Waals surface area contributed by atoms with Gasteiger partial charge in [0.25, 0.3) is 0 Å². The maximum Gasteiger partial charge on any atom is 0.0541 e. The van der Waals surface area contributed by atoms with Crippen molar-refractivity contribution < 1.29 is 0 Å². The second-order valence-electron chi connectivity index (χ2n) is 36.4. The predicted molar refractivity (Wildman–Crippen MR) is 573 cm³/mol. The Hall–Kier alpha value is -17.8. The monoisotopic (exact) mass is 1710 g/mol. The van der Waals surface area contributed by atoms with Crippen LogP contribution in [0.15, 0.2) is 491 Å². The van der Waals surface area contributed by atoms with Crippen molar-refractivity contribution in [3.63, 3.8) is 0 Å². The molecule has 0 spiro atoms. The minimum absolute atomic E-state index is 1.15. The Kier molecular flexibility index (Phi) is 17.2. The summed E-state index contributed by atoms with van der Waals surface area (Å²) in [6, 6.07) is 181. The molecule has 624 valence electrons. The number of rotatable bonds is 9. The van der Waals surface area contributed by atoms with Crippen molar-refractivity contribution in [3.8, 4) is 151 Å². The van der Waals surface area contributed by atoms with Gasteiger partial charge in [-0.1, -0.05) is 382 Å². The van der Waals surface area contributed by atoms with Gasteiger partial charge in [-0.15, -0.1) is 0 Å². The zero-order valence-electron chi connectivity index (χ0n) is 73.6. The van der Waals surface area contributed by atoms with E-state index < -0.39 is 0 Å². The van der Waals surface area contributed by atoms with E-state index in [1.165, 1.54) is 269 Å². The van der Waals surface area contributed by atoms with Crippen LogP contribution in [0.1, 0.15) is 0 Å². The summed E-state index contributed by atoms with van der Waals surface area (Å²) in [5.41, 5.74) is 41.5. The van der Waals surface area contributed by atoms with Crippen LogP contribution < -0.4 is 0 Å². The lowest BCUT2D eigenvalue weighted by atomic mass is 9.92. The van der Waals surface area contributed by atoms with E-state index >= 15 is 0 Å². The molecule has 135 heavy (non-hydrogen) atoms. The van der Waals surface area contributed by atoms with Gasteiger partial charge in [0.1, 0.15) is 0 Å². The Labute approximate surface area is 780 Å². The van der Waals surface area contributed by atoms with E-state index in [1.807, 2.05) is 0 Å². The third-order valence-corrected chi connectivity index (χ3v) is 29.1. The number of para-hydroxylation sites is 6. The van der Waals surface area contributed by atoms with E-state index in [4.69, 9.17) is 0 Å². The second-order valence-corrected chi connectivity index (χ2v) is 36.4. The van der Waals surface area contributed by atoms with Crippen LogP contribution in [0.2, 0.25) is 0 Å². The molecule has 3 heterocycles. The Balaban J connectivity index is 0.000000101. The first kappa shape index (κ1) is 76.1. The van der Waals surface area contributed by atoms with Gasteiger partial charge >= 0.3 is 0 Å². The van der Waals surface area contributed by atoms with Gasteiger partial charge in [-0.2, -0.15) is 0 Å². The molecule has 0 bridgehead atoms. The molecule has 0 fully saturated rings. The maximum atomic E-state index is 2.45. The minimum Gasteiger partial charge on any atom is -0.309 e. The standard InChI is InChI=1S/C46H28N2.C44H27N.C42H26/c1-2-13-34-33(12-1)40-19-11-18-39-32(24-25-41(34)46(39)40)29-26-30(47-42-20-7-3-14-35(42)36-15-4-8-21-43(36)47)28-31(27-29)48-44-22-9-5-16-37(44)38-17-6-10-23-45(38)48;1-2-11-28(12-3-1)31-23-32(25-33(24-31)45-42-19-8-6-15-35(42)36-16-7-9-20-43(36)45)34-21-22-39-41-27-30-14-5-4-13-29(30)26-40(41)38-18-10-17-37(34)44(38)39;1-2-8-28-23-31(16-15-27(28)7-1)33-20-19-32-24-30(17-18-34(32)25-33)29-9-5-10-35(26-29)36-21-22-41-38-12-4-3-11-37(38)40-14-6-13-39(36)42(40)41/h1-28H;1-27H;1-26H. The van der Waals surface area contributed by atoms with Crippen molar-refractivity contribution in [2.45, 2.75) is 0 Å². The van der Waals surface area contributed by atoms with E-state index in [9.17, 15) is 0 Å². The van der Waals surface area contributed by atoms with Crippen LogP contribution in [-0.4, -0.2) is 13.7 Å². The van der Waals surface area contributed by atoms with E-state index in [2.05, 4.69) is 505 Å². The quantitative estimate of drug-likeness (QED) is 0.137. The molecule has 3 heteroatoms. The van der Waals surface area contributed by atoms with Crippen molar-refractivity contribution in [2.75, 3.05) is 0 Å². The van der Waals surface area contributed by atoms with Crippen LogP contribution in [0.4, 0.5) is 0 Å². The SMILES string of the molecule is c1cc(-c2ccc3cc(-c4ccc5ccccc5c4)ccc3c2)cc(-c2ccc3c4c(cccc24)-c2ccccc2-3)c1.c1ccc(-c2cc(-c3ccc4c5c(cccc35)-c3cc5ccccc5cc3-4)cc(-n3c4ccccc4c4ccccc43)c2)cc1.c1ccc2c(c1)-c1cccc3c(-c4cc(-n5c6ccccc6c6ccccc65)cc(-n5c6ccccc6c6ccccc65)c4)ccc-2c13. The highest BCUT2D eigenvalue weighted by molar-refractivity contribution is 6.24. The van der Waals surface area contributed by atoms with Crippen molar-refractivity contribution in [1.29, 1.82) is 0 Å². The molecule has 0 atom stereocenters. The van der Waals surface area contributed by atoms with Crippen LogP contribution >= 0.6 is 0 Å². The Morgan fingerprint density at radius 1 is 0.104 bits per heavy atom. The summed E-state index contributed by atoms with van der Waals surface area (Å²) >= 11 is 0. The molecule has 30 rings (SSSR count). The molecule has 0 saturated carbocycles. The van der Waals surface area contributed by atoms with E-state index in [-0.39, 0.29) is 0 Å². The van der Waals surface area contributed by atoms with Gasteiger partial charge in [-0.3, -0.25) is 0 Å². The first-order valence-electron chi connectivity index (χ1n) is 46.8. The molecule has 0 radical (unpaired) electrons. The van der Waals surface area contributed by atoms with Gasteiger partial charge in [-0.05, 0) is 307 Å². The highest BCUT2D eigenvalue weighted by Gasteiger charge is 2.29. The minimum atomic E-state index is 1.15. The fraction of sp³-hybridized carbons (Fsp3) is 0. The molecule has 3 nitrogen and oxygen atoms in total. The normalized spacial score (nSPS) is 12.0. The van der Waals surface area contributed by atoms with Crippen LogP contribution in [-0.2, 0) is 0 Å². The summed E-state index contributed by atoms with van der Waals surface area (Å²) in [5, 5.41) is 23.2. The Bertz CT molecular complexity index is 9310. The van der Waals surface area contributed by atoms with E-state index in [1.54, 1.807) is 0 Å². The molecule has 0 amide bonds. The molecule has 0 aliphatic heterocycles. The fourth-order valence-corrected chi connectivity index (χ4v) is 23.1. The average molecular weight is 1710 g/mol. The molecule has 24 aromatic carbocycles. The van der Waals surface area contributed by atoms with Crippen LogP contribution in [0.5, 0.6) is 0 Å². The summed E-state index contributed by atoms with van der Waals surface area (Å²) < 4.78 is 7.32. The summed E-state index contributed by atoms with van der Waals surface area (Å²) in [4.78, 5) is 0. The van der Waals surface area contributed by atoms with Crippen molar-refractivity contribution >= 4 is 130 Å². The number of hydrogen-bond acceptors (Lipinski definition) is 0. The zero-order chi connectivity index (χ0) is 88.5. The molecular formula is C132H81N3. The number of hydrogen-bond donors (Lipinski definition) is 0. The van der Waals surface area contributed by atoms with Gasteiger partial charge in [0.2, 0.25) is 0 Å². The third kappa shape index (κ3) is 12.1. The largest absolute Gasteiger partial charge is 0.309 e. The summed E-state index contributed by atoms with van der Waals surface area (Å²) in [6.07, 6.45) is 0. The predicted octanol–water partition coefficient (Wildman–Crippen LogP) is 36.2. The molecule has 3 aliphatic rings. The van der Waals surface area contributed by atoms with Gasteiger partial charge in [0, 0.05) is 49.4 Å². The molecular weight excluding hydrogens is 1630 g/mol. The molecule has 3 aliphatic carbocycles. The summed E-state index contributed by atoms with van der Waals surface area (Å²) in [6.45, 7) is 0. The highest BCUT2D eigenvalue weighted by Crippen LogP contribution is 2.55. The molecule has 0 saturated heterocycles. The summed E-state index contributed by atoms with van der Waals surface area (Å²) in [7, 11) is 0. The smallest absolute Gasteiger partial charge is 0.0541 e. The van der Waals surface area contributed by atoms with E-state index in [0.29, 0.717) is 0 Å². The molecule has 0 unspecified atom stereocenters. The van der Waals surface area contributed by atoms with Crippen LogP contribution in [0.25, 0.3) is 281 Å².